The van der Waals surface area contributed by atoms with Crippen LogP contribution in [0.1, 0.15) is 106 Å². The van der Waals surface area contributed by atoms with Crippen molar-refractivity contribution in [3.63, 3.8) is 0 Å². The van der Waals surface area contributed by atoms with E-state index in [0.717, 1.165) is 110 Å². The monoisotopic (exact) mass is 2080 g/mol. The van der Waals surface area contributed by atoms with Crippen molar-refractivity contribution in [1.29, 1.82) is 0 Å². The number of anilines is 6. The first-order chi connectivity index (χ1) is 65.2. The highest BCUT2D eigenvalue weighted by Crippen LogP contribution is 2.36. The topological polar surface area (TPSA) is 354 Å². The number of carbonyl (C=O) groups excluding carboxylic acids is 6. The van der Waals surface area contributed by atoms with E-state index < -0.39 is 42.4 Å². The van der Waals surface area contributed by atoms with Crippen molar-refractivity contribution in [2.24, 2.45) is 0 Å². The molecule has 12 aromatic rings. The molecule has 137 heavy (non-hydrogen) atoms. The van der Waals surface area contributed by atoms with Crippen molar-refractivity contribution in [2.75, 3.05) is 73.0 Å². The minimum atomic E-state index is -1.01. The van der Waals surface area contributed by atoms with Crippen molar-refractivity contribution in [3.8, 4) is 34.5 Å². The lowest BCUT2D eigenvalue weighted by atomic mass is 10.1. The number of rotatable bonds is 24. The predicted octanol–water partition coefficient (Wildman–Crippen LogP) is 25.5. The summed E-state index contributed by atoms with van der Waals surface area (Å²) in [5.41, 5.74) is 18.6. The van der Waals surface area contributed by atoms with Crippen molar-refractivity contribution in [1.82, 2.24) is 0 Å². The van der Waals surface area contributed by atoms with E-state index in [1.165, 1.54) is 59.3 Å². The second kappa shape index (κ2) is 54.1. The van der Waals surface area contributed by atoms with Crippen LogP contribution in [0.4, 0.5) is 67.3 Å². The molecule has 0 spiro atoms. The minimum Gasteiger partial charge on any atom is -0.489 e. The zero-order valence-electron chi connectivity index (χ0n) is 79.3. The fourth-order valence-corrected chi connectivity index (χ4v) is 14.6. The molecule has 34 heteroatoms. The van der Waals surface area contributed by atoms with Crippen molar-refractivity contribution in [2.45, 2.75) is 130 Å². The van der Waals surface area contributed by atoms with Crippen LogP contribution in [0.2, 0.25) is 5.02 Å². The van der Waals surface area contributed by atoms with Gasteiger partial charge in [-0.3, -0.25) is 31.2 Å². The van der Waals surface area contributed by atoms with Gasteiger partial charge in [-0.1, -0.05) is 188 Å². The molecule has 0 saturated heterocycles. The number of benzene rings is 12. The molecule has 0 atom stereocenters. The Morgan fingerprint density at radius 1 is 0.285 bits per heavy atom. The lowest BCUT2D eigenvalue weighted by Gasteiger charge is -2.19. The van der Waals surface area contributed by atoms with E-state index in [4.69, 9.17) is 40.0 Å². The minimum absolute atomic E-state index is 0.0263. The summed E-state index contributed by atoms with van der Waals surface area (Å²) in [6, 6.07) is 66.7. The van der Waals surface area contributed by atoms with E-state index in [1.807, 2.05) is 217 Å². The van der Waals surface area contributed by atoms with Gasteiger partial charge in [0.25, 0.3) is 0 Å². The normalized spacial score (nSPS) is 10.3. The van der Waals surface area contributed by atoms with E-state index in [2.05, 4.69) is 66.9 Å². The number of para-hydroxylation sites is 1. The summed E-state index contributed by atoms with van der Waals surface area (Å²) >= 11 is 11.7. The van der Waals surface area contributed by atoms with Gasteiger partial charge in [0, 0.05) is 40.9 Å². The molecule has 12 aromatic carbocycles. The van der Waals surface area contributed by atoms with Crippen LogP contribution in [0.3, 0.4) is 0 Å². The molecule has 6 N–H and O–H groups in total. The van der Waals surface area contributed by atoms with Gasteiger partial charge in [-0.2, -0.15) is 30.4 Å². The Balaban J connectivity index is 0.000000224. The molecule has 0 fully saturated rings. The Morgan fingerprint density at radius 3 is 0.883 bits per heavy atom. The maximum Gasteiger partial charge on any atom is 0.438 e. The predicted molar refractivity (Wildman–Crippen MR) is 530 cm³/mol. The van der Waals surface area contributed by atoms with E-state index in [9.17, 15) is 64.4 Å². The number of methoxy groups -OCH3 is 6. The summed E-state index contributed by atoms with van der Waals surface area (Å²) in [6.45, 7) is 26.5. The van der Waals surface area contributed by atoms with Gasteiger partial charge in [0.05, 0.1) is 82.3 Å². The zero-order chi connectivity index (χ0) is 101. The number of ether oxygens (including phenoxy) is 12. The first-order valence-corrected chi connectivity index (χ1v) is 44.3. The van der Waals surface area contributed by atoms with Crippen molar-refractivity contribution < 1.29 is 121 Å². The Labute approximate surface area is 822 Å². The average Bonchev–Trinajstić information content (AvgIpc) is 0.802. The molecule has 30 nitrogen and oxygen atoms in total. The van der Waals surface area contributed by atoms with Gasteiger partial charge in [-0.25, -0.2) is 33.2 Å². The number of hydrogen-bond acceptors (Lipinski definition) is 24. The molecule has 12 rings (SSSR count). The molecule has 0 bridgehead atoms. The van der Waals surface area contributed by atoms with Gasteiger partial charge in [-0.15, -0.1) is 0 Å². The number of aryl methyl sites for hydroxylation is 13. The molecule has 0 unspecified atom stereocenters. The molecule has 0 aliphatic carbocycles. The van der Waals surface area contributed by atoms with Crippen molar-refractivity contribution in [3.05, 3.63) is 349 Å². The molecule has 0 aliphatic rings. The molecular weight excluding hydrogens is 1970 g/mol. The highest BCUT2D eigenvalue weighted by Gasteiger charge is 2.27. The van der Waals surface area contributed by atoms with E-state index in [0.29, 0.717) is 86.8 Å². The van der Waals surface area contributed by atoms with E-state index in [-0.39, 0.29) is 61.6 Å². The first kappa shape index (κ1) is 110. The largest absolute Gasteiger partial charge is 0.489 e. The van der Waals surface area contributed by atoms with Gasteiger partial charge in [0.2, 0.25) is 0 Å². The van der Waals surface area contributed by atoms with Crippen LogP contribution in [-0.4, -0.2) is 110 Å². The number of hydroxylamine groups is 6. The lowest BCUT2D eigenvalue weighted by Crippen LogP contribution is -2.28. The summed E-state index contributed by atoms with van der Waals surface area (Å²) in [6.07, 6.45) is -5.32. The van der Waals surface area contributed by atoms with Crippen LogP contribution < -0.4 is 58.8 Å². The van der Waals surface area contributed by atoms with Gasteiger partial charge < -0.3 is 56.8 Å². The molecule has 0 heterocycles. The summed E-state index contributed by atoms with van der Waals surface area (Å²) in [4.78, 5) is 69.0. The van der Waals surface area contributed by atoms with Gasteiger partial charge in [0.15, 0.2) is 0 Å². The smallest absolute Gasteiger partial charge is 0.438 e. The fraction of sp³-hybridized carbons (Fsp3) is 0.243. The summed E-state index contributed by atoms with van der Waals surface area (Å²) in [5.74, 6) is 3.78. The number of halogens is 4. The summed E-state index contributed by atoms with van der Waals surface area (Å²) < 4.78 is 77.6. The number of hydrogen-bond donors (Lipinski definition) is 6. The molecule has 0 saturated carbocycles. The van der Waals surface area contributed by atoms with Crippen LogP contribution in [-0.2, 0) is 68.1 Å². The summed E-state index contributed by atoms with van der Waals surface area (Å²) in [5, 5.41) is 62.5. The molecule has 0 radical (unpaired) electrons. The highest BCUT2D eigenvalue weighted by atomic mass is 127. The van der Waals surface area contributed by atoms with Crippen LogP contribution in [0.25, 0.3) is 0 Å². The van der Waals surface area contributed by atoms with Gasteiger partial charge in [-0.05, 0) is 249 Å². The van der Waals surface area contributed by atoms with Crippen LogP contribution in [0, 0.1) is 99.4 Å². The lowest BCUT2D eigenvalue weighted by molar-refractivity contribution is 0.140. The standard InChI is InChI=1S/C18H21NO4.C17H18BrNO4.C17H18ClNO4.C17H18FNO4.C17H18INO4.C17H19NO4/c1-12-8-9-17(14(3)10-12)23-11-15-13(2)6-5-7-16(15)19(21)18(20)22-4;4*1-11-7-8-16(12(2)9-11)23-10-13-14(18)5-4-6-15(13)19(21)17(20)22-3;1-12-8-9-16(13(2)10-12)22-11-14-6-4-5-7-15(14)18(20)17(19)21-3/h5-10,21H,11H2,1-4H3;4*4-9,21H,10H2,1-3H3;4-10,20H,11H2,1-3H3. The molecule has 0 aromatic heterocycles. The number of carbonyl (C=O) groups is 6. The molecule has 0 aliphatic heterocycles. The maximum absolute atomic E-state index is 14.1. The fourth-order valence-electron chi connectivity index (χ4n) is 13.2. The quantitative estimate of drug-likeness (QED) is 0.0142. The zero-order valence-corrected chi connectivity index (χ0v) is 83.8. The Morgan fingerprint density at radius 2 is 0.533 bits per heavy atom. The van der Waals surface area contributed by atoms with Crippen LogP contribution in [0.15, 0.2) is 229 Å². The number of amides is 6. The number of nitrogens with zero attached hydrogens (tertiary/aromatic N) is 6. The Kier molecular flexibility index (Phi) is 43.5. The second-order valence-electron chi connectivity index (χ2n) is 30.7. The van der Waals surface area contributed by atoms with Crippen LogP contribution >= 0.6 is 50.1 Å². The molecular formula is C103H112BrClFIN6O24. The maximum atomic E-state index is 14.1. The van der Waals surface area contributed by atoms with E-state index >= 15 is 0 Å². The van der Waals surface area contributed by atoms with Gasteiger partial charge in [0.1, 0.15) is 80.0 Å². The highest BCUT2D eigenvalue weighted by molar-refractivity contribution is 14.1. The third kappa shape index (κ3) is 31.9. The Hall–Kier alpha value is -13.8. The van der Waals surface area contributed by atoms with Gasteiger partial charge >= 0.3 is 36.6 Å². The van der Waals surface area contributed by atoms with Crippen LogP contribution in [0.5, 0.6) is 34.5 Å². The third-order valence-corrected chi connectivity index (χ3v) is 22.5. The second-order valence-corrected chi connectivity index (χ2v) is 33.1. The molecule has 726 valence electrons. The average molecular weight is 2080 g/mol. The molecule has 6 amide bonds. The van der Waals surface area contributed by atoms with Crippen molar-refractivity contribution >= 4 is 121 Å². The summed E-state index contributed by atoms with van der Waals surface area (Å²) in [7, 11) is 7.15. The third-order valence-electron chi connectivity index (χ3n) is 20.4. The van der Waals surface area contributed by atoms with E-state index in [1.54, 1.807) is 78.9 Å². The SMILES string of the molecule is COC(=O)N(O)c1cccc(Br)c1COc1ccc(C)cc1C.COC(=O)N(O)c1cccc(C)c1COc1ccc(C)cc1C.COC(=O)N(O)c1cccc(Cl)c1COc1ccc(C)cc1C.COC(=O)N(O)c1cccc(F)c1COc1ccc(C)cc1C.COC(=O)N(O)c1cccc(I)c1COc1ccc(C)cc1C.COC(=O)N(O)c1ccccc1COc1ccc(C)cc1C. The first-order valence-electron chi connectivity index (χ1n) is 42.1. The Bertz CT molecular complexity index is 5440.